The highest BCUT2D eigenvalue weighted by molar-refractivity contribution is 5.58. The molecule has 7 nitrogen and oxygen atoms in total. The van der Waals surface area contributed by atoms with Crippen LogP contribution in [0.1, 0.15) is 31.4 Å². The first-order valence-corrected chi connectivity index (χ1v) is 9.80. The predicted octanol–water partition coefficient (Wildman–Crippen LogP) is 5.08. The summed E-state index contributed by atoms with van der Waals surface area (Å²) in [6.07, 6.45) is -1.65. The van der Waals surface area contributed by atoms with E-state index in [2.05, 4.69) is 35.6 Å². The van der Waals surface area contributed by atoms with Crippen molar-refractivity contribution in [3.8, 4) is 11.5 Å². The first kappa shape index (κ1) is 21.8. The molecule has 3 aromatic rings. The van der Waals surface area contributed by atoms with Crippen molar-refractivity contribution in [2.24, 2.45) is 0 Å². The minimum Gasteiger partial charge on any atom is -0.351 e. The third kappa shape index (κ3) is 5.42. The zero-order valence-corrected chi connectivity index (χ0v) is 16.6. The number of alkyl halides is 5. The Morgan fingerprint density at radius 3 is 2.25 bits per heavy atom. The second kappa shape index (κ2) is 8.60. The molecule has 1 aliphatic carbocycles. The minimum absolute atomic E-state index is 0.0565. The standard InChI is InChI=1S/C20H18F5N7/c21-19(22)8-4-12(5-9-19)27-17-30-16(14-2-1-3-15(29-14)20(23,24)25)31-18(32-17)28-13-6-10-26-11-7-13/h1-3,6-7,10-12H,4-5,8-9H2,(H2,26,27,28,30,31,32). The zero-order valence-electron chi connectivity index (χ0n) is 16.6. The summed E-state index contributed by atoms with van der Waals surface area (Å²) in [4.78, 5) is 20.2. The van der Waals surface area contributed by atoms with Crippen LogP contribution in [-0.2, 0) is 6.18 Å². The molecule has 168 valence electrons. The molecule has 3 heterocycles. The van der Waals surface area contributed by atoms with Crippen molar-refractivity contribution in [3.63, 3.8) is 0 Å². The van der Waals surface area contributed by atoms with Gasteiger partial charge in [0.15, 0.2) is 5.82 Å². The molecule has 32 heavy (non-hydrogen) atoms. The van der Waals surface area contributed by atoms with Crippen molar-refractivity contribution < 1.29 is 22.0 Å². The second-order valence-electron chi connectivity index (χ2n) is 7.35. The number of rotatable bonds is 5. The van der Waals surface area contributed by atoms with Gasteiger partial charge in [-0.25, -0.2) is 13.8 Å². The van der Waals surface area contributed by atoms with E-state index in [4.69, 9.17) is 0 Å². The molecule has 0 spiro atoms. The van der Waals surface area contributed by atoms with E-state index >= 15 is 0 Å². The lowest BCUT2D eigenvalue weighted by molar-refractivity contribution is -0.141. The lowest BCUT2D eigenvalue weighted by Crippen LogP contribution is -2.32. The van der Waals surface area contributed by atoms with Crippen LogP contribution in [0, 0.1) is 0 Å². The van der Waals surface area contributed by atoms with Crippen molar-refractivity contribution >= 4 is 17.6 Å². The first-order valence-electron chi connectivity index (χ1n) is 9.80. The zero-order chi connectivity index (χ0) is 22.8. The van der Waals surface area contributed by atoms with Gasteiger partial charge >= 0.3 is 6.18 Å². The Morgan fingerprint density at radius 1 is 0.875 bits per heavy atom. The van der Waals surface area contributed by atoms with Crippen LogP contribution >= 0.6 is 0 Å². The van der Waals surface area contributed by atoms with E-state index in [-0.39, 0.29) is 55.1 Å². The van der Waals surface area contributed by atoms with Gasteiger partial charge in [0, 0.05) is 37.0 Å². The van der Waals surface area contributed by atoms with E-state index in [0.717, 1.165) is 6.07 Å². The van der Waals surface area contributed by atoms with Gasteiger partial charge < -0.3 is 10.6 Å². The summed E-state index contributed by atoms with van der Waals surface area (Å²) < 4.78 is 66.2. The van der Waals surface area contributed by atoms with Crippen molar-refractivity contribution in [1.82, 2.24) is 24.9 Å². The molecule has 1 fully saturated rings. The van der Waals surface area contributed by atoms with E-state index in [1.807, 2.05) is 0 Å². The molecule has 2 N–H and O–H groups in total. The SMILES string of the molecule is FC1(F)CCC(Nc2nc(Nc3ccncc3)nc(-c3cccc(C(F)(F)F)n3)n2)CC1. The third-order valence-electron chi connectivity index (χ3n) is 4.89. The highest BCUT2D eigenvalue weighted by Crippen LogP contribution is 2.34. The monoisotopic (exact) mass is 451 g/mol. The molecule has 1 saturated carbocycles. The number of hydrogen-bond donors (Lipinski definition) is 2. The van der Waals surface area contributed by atoms with E-state index in [1.165, 1.54) is 12.1 Å². The highest BCUT2D eigenvalue weighted by atomic mass is 19.4. The summed E-state index contributed by atoms with van der Waals surface area (Å²) in [5.74, 6) is -2.67. The van der Waals surface area contributed by atoms with Gasteiger partial charge in [-0.1, -0.05) is 6.07 Å². The predicted molar refractivity (Wildman–Crippen MR) is 106 cm³/mol. The minimum atomic E-state index is -4.63. The lowest BCUT2D eigenvalue weighted by Gasteiger charge is -2.28. The number of pyridine rings is 2. The van der Waals surface area contributed by atoms with Gasteiger partial charge in [-0.3, -0.25) is 4.98 Å². The fourth-order valence-corrected chi connectivity index (χ4v) is 3.26. The molecule has 4 rings (SSSR count). The van der Waals surface area contributed by atoms with Gasteiger partial charge in [-0.2, -0.15) is 28.1 Å². The maximum atomic E-state index is 13.5. The van der Waals surface area contributed by atoms with Crippen LogP contribution in [-0.4, -0.2) is 36.9 Å². The van der Waals surface area contributed by atoms with Gasteiger partial charge in [0.05, 0.1) is 0 Å². The van der Waals surface area contributed by atoms with Crippen molar-refractivity contribution in [2.75, 3.05) is 10.6 Å². The molecule has 3 aromatic heterocycles. The largest absolute Gasteiger partial charge is 0.433 e. The molecule has 0 aliphatic heterocycles. The maximum Gasteiger partial charge on any atom is 0.433 e. The van der Waals surface area contributed by atoms with Crippen molar-refractivity contribution in [1.29, 1.82) is 0 Å². The van der Waals surface area contributed by atoms with E-state index in [0.29, 0.717) is 5.69 Å². The second-order valence-corrected chi connectivity index (χ2v) is 7.35. The van der Waals surface area contributed by atoms with Crippen LogP contribution in [0.25, 0.3) is 11.5 Å². The molecule has 12 heteroatoms. The molecule has 0 unspecified atom stereocenters. The molecule has 0 radical (unpaired) electrons. The van der Waals surface area contributed by atoms with Crippen LogP contribution < -0.4 is 10.6 Å². The topological polar surface area (TPSA) is 88.5 Å². The van der Waals surface area contributed by atoms with Gasteiger partial charge in [0.1, 0.15) is 11.4 Å². The smallest absolute Gasteiger partial charge is 0.351 e. The van der Waals surface area contributed by atoms with Crippen molar-refractivity contribution in [3.05, 3.63) is 48.4 Å². The van der Waals surface area contributed by atoms with Gasteiger partial charge in [-0.05, 0) is 37.1 Å². The maximum absolute atomic E-state index is 13.5. The average Bonchev–Trinajstić information content (AvgIpc) is 2.75. The van der Waals surface area contributed by atoms with Crippen LogP contribution in [0.4, 0.5) is 39.5 Å². The molecule has 0 bridgehead atoms. The Kier molecular flexibility index (Phi) is 5.85. The highest BCUT2D eigenvalue weighted by Gasteiger charge is 2.35. The Balaban J connectivity index is 1.66. The van der Waals surface area contributed by atoms with Gasteiger partial charge in [-0.15, -0.1) is 0 Å². The Labute approximate surface area is 179 Å². The number of halogens is 5. The quantitative estimate of drug-likeness (QED) is 0.523. The number of hydrogen-bond acceptors (Lipinski definition) is 7. The Hall–Kier alpha value is -3.44. The van der Waals surface area contributed by atoms with Gasteiger partial charge in [0.25, 0.3) is 0 Å². The fraction of sp³-hybridized carbons (Fsp3) is 0.350. The molecule has 0 saturated heterocycles. The third-order valence-corrected chi connectivity index (χ3v) is 4.89. The Bertz CT molecular complexity index is 1070. The number of nitrogens with one attached hydrogen (secondary N) is 2. The van der Waals surface area contributed by atoms with E-state index in [1.54, 1.807) is 24.5 Å². The van der Waals surface area contributed by atoms with Crippen LogP contribution in [0.2, 0.25) is 0 Å². The molecule has 0 aromatic carbocycles. The normalized spacial score (nSPS) is 16.5. The number of anilines is 3. The van der Waals surface area contributed by atoms with E-state index < -0.39 is 17.8 Å². The number of aromatic nitrogens is 5. The van der Waals surface area contributed by atoms with Crippen LogP contribution in [0.3, 0.4) is 0 Å². The summed E-state index contributed by atoms with van der Waals surface area (Å²) in [5.41, 5.74) is -0.585. The summed E-state index contributed by atoms with van der Waals surface area (Å²) in [5, 5.41) is 5.94. The number of nitrogens with zero attached hydrogens (tertiary/aromatic N) is 5. The Morgan fingerprint density at radius 2 is 1.56 bits per heavy atom. The summed E-state index contributed by atoms with van der Waals surface area (Å²) in [6, 6.07) is 6.42. The molecule has 0 atom stereocenters. The summed E-state index contributed by atoms with van der Waals surface area (Å²) >= 11 is 0. The van der Waals surface area contributed by atoms with E-state index in [9.17, 15) is 22.0 Å². The molecule has 0 amide bonds. The molecular weight excluding hydrogens is 433 g/mol. The summed E-state index contributed by atoms with van der Waals surface area (Å²) in [6.45, 7) is 0. The van der Waals surface area contributed by atoms with Gasteiger partial charge in [0.2, 0.25) is 17.8 Å². The lowest BCUT2D eigenvalue weighted by atomic mass is 9.92. The average molecular weight is 451 g/mol. The van der Waals surface area contributed by atoms with Crippen LogP contribution in [0.5, 0.6) is 0 Å². The summed E-state index contributed by atoms with van der Waals surface area (Å²) in [7, 11) is 0. The fourth-order valence-electron chi connectivity index (χ4n) is 3.26. The first-order chi connectivity index (χ1) is 15.2. The van der Waals surface area contributed by atoms with Crippen LogP contribution in [0.15, 0.2) is 42.7 Å². The molecule has 1 aliphatic rings. The molecular formula is C20H18F5N7. The van der Waals surface area contributed by atoms with Crippen molar-refractivity contribution in [2.45, 2.75) is 43.8 Å².